The van der Waals surface area contributed by atoms with Crippen LogP contribution in [0, 0.1) is 6.92 Å². The highest BCUT2D eigenvalue weighted by Gasteiger charge is 2.24. The predicted molar refractivity (Wildman–Crippen MR) is 113 cm³/mol. The lowest BCUT2D eigenvalue weighted by atomic mass is 10.1. The van der Waals surface area contributed by atoms with Crippen LogP contribution in [0.1, 0.15) is 15.9 Å². The second-order valence-electron chi connectivity index (χ2n) is 6.68. The molecular formula is C20H23ClN2O6S. The molecule has 1 aliphatic rings. The van der Waals surface area contributed by atoms with Crippen LogP contribution in [0.3, 0.4) is 0 Å². The molecule has 8 nitrogen and oxygen atoms in total. The minimum Gasteiger partial charge on any atom is -0.495 e. The van der Waals surface area contributed by atoms with Crippen LogP contribution in [-0.4, -0.2) is 59.7 Å². The van der Waals surface area contributed by atoms with Crippen molar-refractivity contribution in [1.29, 1.82) is 0 Å². The number of benzene rings is 2. The summed E-state index contributed by atoms with van der Waals surface area (Å²) in [4.78, 5) is 14.4. The predicted octanol–water partition coefficient (Wildman–Crippen LogP) is 2.94. The average Bonchev–Trinajstić information content (AvgIpc) is 2.74. The van der Waals surface area contributed by atoms with Gasteiger partial charge in [0.25, 0.3) is 15.9 Å². The smallest absolute Gasteiger partial charge is 0.262 e. The first-order valence-electron chi connectivity index (χ1n) is 9.19. The number of methoxy groups -OCH3 is 2. The molecule has 2 aromatic carbocycles. The van der Waals surface area contributed by atoms with Crippen molar-refractivity contribution in [2.75, 3.05) is 45.2 Å². The van der Waals surface area contributed by atoms with Crippen LogP contribution < -0.4 is 14.2 Å². The third kappa shape index (κ3) is 4.63. The largest absolute Gasteiger partial charge is 0.495 e. The maximum Gasteiger partial charge on any atom is 0.262 e. The van der Waals surface area contributed by atoms with E-state index in [-0.39, 0.29) is 27.3 Å². The molecule has 0 aromatic heterocycles. The zero-order chi connectivity index (χ0) is 21.9. The number of anilines is 1. The topological polar surface area (TPSA) is 94.2 Å². The first-order chi connectivity index (χ1) is 14.3. The molecule has 1 fully saturated rings. The fourth-order valence-electron chi connectivity index (χ4n) is 3.11. The van der Waals surface area contributed by atoms with Crippen molar-refractivity contribution in [2.24, 2.45) is 0 Å². The molecule has 1 amide bonds. The van der Waals surface area contributed by atoms with Gasteiger partial charge in [-0.3, -0.25) is 9.52 Å². The van der Waals surface area contributed by atoms with E-state index in [2.05, 4.69) is 4.72 Å². The number of ether oxygens (including phenoxy) is 3. The molecule has 0 spiro atoms. The number of carbonyl (C=O) groups is 1. The van der Waals surface area contributed by atoms with Crippen molar-refractivity contribution in [3.63, 3.8) is 0 Å². The summed E-state index contributed by atoms with van der Waals surface area (Å²) in [5.41, 5.74) is 0.954. The molecule has 1 N–H and O–H groups in total. The van der Waals surface area contributed by atoms with Crippen LogP contribution in [0.5, 0.6) is 11.5 Å². The summed E-state index contributed by atoms with van der Waals surface area (Å²) in [5.74, 6) is 0.364. The molecule has 3 rings (SSSR count). The van der Waals surface area contributed by atoms with Gasteiger partial charge in [-0.2, -0.15) is 0 Å². The summed E-state index contributed by atoms with van der Waals surface area (Å²) < 4.78 is 44.4. The highest BCUT2D eigenvalue weighted by atomic mass is 35.5. The molecule has 10 heteroatoms. The second kappa shape index (κ2) is 9.11. The zero-order valence-corrected chi connectivity index (χ0v) is 18.5. The standard InChI is InChI=1S/C20H23ClN2O6S/c1-13-4-5-14(20(24)23-6-8-29-9-7-23)10-19(13)30(25,26)22-16-11-15(21)17(27-2)12-18(16)28-3/h4-5,10-12,22H,6-9H2,1-3H3. The van der Waals surface area contributed by atoms with Crippen LogP contribution in [-0.2, 0) is 14.8 Å². The van der Waals surface area contributed by atoms with E-state index < -0.39 is 10.0 Å². The van der Waals surface area contributed by atoms with E-state index in [1.165, 1.54) is 32.4 Å². The molecule has 2 aromatic rings. The van der Waals surface area contributed by atoms with E-state index in [4.69, 9.17) is 25.8 Å². The summed E-state index contributed by atoms with van der Waals surface area (Å²) in [6.07, 6.45) is 0. The summed E-state index contributed by atoms with van der Waals surface area (Å²) >= 11 is 6.14. The molecular weight excluding hydrogens is 432 g/mol. The maximum atomic E-state index is 13.1. The van der Waals surface area contributed by atoms with E-state index in [1.54, 1.807) is 24.0 Å². The zero-order valence-electron chi connectivity index (χ0n) is 16.9. The molecule has 0 aliphatic carbocycles. The molecule has 162 valence electrons. The van der Waals surface area contributed by atoms with Gasteiger partial charge in [-0.1, -0.05) is 17.7 Å². The van der Waals surface area contributed by atoms with Crippen LogP contribution >= 0.6 is 11.6 Å². The quantitative estimate of drug-likeness (QED) is 0.721. The van der Waals surface area contributed by atoms with Gasteiger partial charge in [0.15, 0.2) is 0 Å². The first kappa shape index (κ1) is 22.2. The summed E-state index contributed by atoms with van der Waals surface area (Å²) in [6, 6.07) is 7.52. The second-order valence-corrected chi connectivity index (χ2v) is 8.74. The monoisotopic (exact) mass is 454 g/mol. The van der Waals surface area contributed by atoms with E-state index in [9.17, 15) is 13.2 Å². The first-order valence-corrected chi connectivity index (χ1v) is 11.0. The Balaban J connectivity index is 1.94. The third-order valence-electron chi connectivity index (χ3n) is 4.74. The van der Waals surface area contributed by atoms with E-state index in [0.29, 0.717) is 43.2 Å². The fourth-order valence-corrected chi connectivity index (χ4v) is 4.69. The Morgan fingerprint density at radius 2 is 1.77 bits per heavy atom. The molecule has 0 bridgehead atoms. The number of morpholine rings is 1. The maximum absolute atomic E-state index is 13.1. The van der Waals surface area contributed by atoms with Gasteiger partial charge in [0.2, 0.25) is 0 Å². The Labute approximate surface area is 180 Å². The summed E-state index contributed by atoms with van der Waals surface area (Å²) in [5, 5.41) is 0.226. The van der Waals surface area contributed by atoms with Crippen molar-refractivity contribution in [1.82, 2.24) is 4.90 Å². The van der Waals surface area contributed by atoms with Gasteiger partial charge >= 0.3 is 0 Å². The normalized spacial score (nSPS) is 14.3. The van der Waals surface area contributed by atoms with Gasteiger partial charge in [-0.05, 0) is 30.7 Å². The minimum atomic E-state index is -4.02. The van der Waals surface area contributed by atoms with E-state index in [1.807, 2.05) is 0 Å². The lowest BCUT2D eigenvalue weighted by molar-refractivity contribution is 0.0302. The van der Waals surface area contributed by atoms with Gasteiger partial charge < -0.3 is 19.1 Å². The molecule has 0 unspecified atom stereocenters. The Bertz CT molecular complexity index is 1050. The SMILES string of the molecule is COc1cc(OC)c(NS(=O)(=O)c2cc(C(=O)N3CCOCC3)ccc2C)cc1Cl. The lowest BCUT2D eigenvalue weighted by Gasteiger charge is -2.27. The Kier molecular flexibility index (Phi) is 6.74. The van der Waals surface area contributed by atoms with Gasteiger partial charge in [0, 0.05) is 24.7 Å². The molecule has 0 atom stereocenters. The van der Waals surface area contributed by atoms with Crippen molar-refractivity contribution in [3.05, 3.63) is 46.5 Å². The van der Waals surface area contributed by atoms with Gasteiger partial charge in [0.05, 0.1) is 43.0 Å². The summed E-state index contributed by atoms with van der Waals surface area (Å²) in [7, 11) is -1.17. The Morgan fingerprint density at radius 1 is 1.10 bits per heavy atom. The van der Waals surface area contributed by atoms with Crippen molar-refractivity contribution in [2.45, 2.75) is 11.8 Å². The number of hydrogen-bond donors (Lipinski definition) is 1. The highest BCUT2D eigenvalue weighted by Crippen LogP contribution is 2.37. The average molecular weight is 455 g/mol. The molecule has 30 heavy (non-hydrogen) atoms. The van der Waals surface area contributed by atoms with Gasteiger partial charge in [-0.15, -0.1) is 0 Å². The van der Waals surface area contributed by atoms with Gasteiger partial charge in [0.1, 0.15) is 11.5 Å². The van der Waals surface area contributed by atoms with Crippen LogP contribution in [0.15, 0.2) is 35.2 Å². The number of sulfonamides is 1. The number of amides is 1. The van der Waals surface area contributed by atoms with Crippen molar-refractivity contribution >= 4 is 33.2 Å². The number of hydrogen-bond acceptors (Lipinski definition) is 6. The number of nitrogens with one attached hydrogen (secondary N) is 1. The number of rotatable bonds is 6. The molecule has 1 saturated heterocycles. The number of nitrogens with zero attached hydrogens (tertiary/aromatic N) is 1. The minimum absolute atomic E-state index is 0.00407. The summed E-state index contributed by atoms with van der Waals surface area (Å²) in [6.45, 7) is 3.52. The number of halogens is 1. The Hall–Kier alpha value is -2.49. The number of aryl methyl sites for hydroxylation is 1. The van der Waals surface area contributed by atoms with Crippen LogP contribution in [0.25, 0.3) is 0 Å². The lowest BCUT2D eigenvalue weighted by Crippen LogP contribution is -2.40. The molecule has 1 aliphatic heterocycles. The van der Waals surface area contributed by atoms with Crippen LogP contribution in [0.2, 0.25) is 5.02 Å². The molecule has 0 saturated carbocycles. The van der Waals surface area contributed by atoms with Crippen molar-refractivity contribution in [3.8, 4) is 11.5 Å². The third-order valence-corrected chi connectivity index (χ3v) is 6.54. The van der Waals surface area contributed by atoms with Crippen LogP contribution in [0.4, 0.5) is 5.69 Å². The number of carbonyl (C=O) groups excluding carboxylic acids is 1. The van der Waals surface area contributed by atoms with E-state index in [0.717, 1.165) is 0 Å². The van der Waals surface area contributed by atoms with Crippen molar-refractivity contribution < 1.29 is 27.4 Å². The highest BCUT2D eigenvalue weighted by molar-refractivity contribution is 7.92. The molecule has 1 heterocycles. The van der Waals surface area contributed by atoms with Gasteiger partial charge in [-0.25, -0.2) is 8.42 Å². The molecule has 0 radical (unpaired) electrons. The van der Waals surface area contributed by atoms with E-state index >= 15 is 0 Å². The Morgan fingerprint density at radius 3 is 2.40 bits per heavy atom. The fraction of sp³-hybridized carbons (Fsp3) is 0.350.